The lowest BCUT2D eigenvalue weighted by molar-refractivity contribution is 0.596. The van der Waals surface area contributed by atoms with E-state index in [2.05, 4.69) is 28.0 Å². The van der Waals surface area contributed by atoms with Gasteiger partial charge in [-0.3, -0.25) is 4.68 Å². The first-order valence-electron chi connectivity index (χ1n) is 3.69. The molecule has 0 amide bonds. The van der Waals surface area contributed by atoms with Crippen molar-refractivity contribution in [2.45, 2.75) is 19.9 Å². The molecule has 0 aliphatic rings. The van der Waals surface area contributed by atoms with Gasteiger partial charge in [0.2, 0.25) is 0 Å². The predicted molar refractivity (Wildman–Crippen MR) is 48.4 cm³/mol. The molecule has 1 rings (SSSR count). The molecule has 1 aromatic heterocycles. The maximum atomic E-state index is 5.42. The summed E-state index contributed by atoms with van der Waals surface area (Å²) in [5.41, 5.74) is 6.64. The molecule has 0 bridgehead atoms. The van der Waals surface area contributed by atoms with Gasteiger partial charge in [-0.25, -0.2) is 0 Å². The molecule has 0 aliphatic carbocycles. The monoisotopic (exact) mass is 217 g/mol. The smallest absolute Gasteiger partial charge is 0.0635 e. The molecule has 2 N–H and O–H groups in total. The summed E-state index contributed by atoms with van der Waals surface area (Å²) in [4.78, 5) is 0. The van der Waals surface area contributed by atoms with E-state index in [1.165, 1.54) is 5.69 Å². The zero-order valence-corrected chi connectivity index (χ0v) is 8.13. The Labute approximate surface area is 74.7 Å². The molecule has 11 heavy (non-hydrogen) atoms. The first kappa shape index (κ1) is 8.74. The van der Waals surface area contributed by atoms with Crippen molar-refractivity contribution in [3.05, 3.63) is 16.4 Å². The van der Waals surface area contributed by atoms with Crippen LogP contribution in [0.2, 0.25) is 0 Å². The highest BCUT2D eigenvalue weighted by molar-refractivity contribution is 9.10. The molecule has 0 fully saturated rings. The van der Waals surface area contributed by atoms with Gasteiger partial charge in [0.25, 0.3) is 0 Å². The lowest BCUT2D eigenvalue weighted by atomic mass is 10.3. The van der Waals surface area contributed by atoms with Gasteiger partial charge in [0, 0.05) is 6.54 Å². The summed E-state index contributed by atoms with van der Waals surface area (Å²) in [6.45, 7) is 3.55. The standard InChI is InChI=1S/C7H12BrN3/c1-2-7-6(8)5-10-11(7)4-3-9/h5H,2-4,9H2,1H3. The summed E-state index contributed by atoms with van der Waals surface area (Å²) in [5.74, 6) is 0. The quantitative estimate of drug-likeness (QED) is 0.827. The third-order valence-corrected chi connectivity index (χ3v) is 2.24. The SMILES string of the molecule is CCc1c(Br)cnn1CCN. The van der Waals surface area contributed by atoms with Crippen LogP contribution >= 0.6 is 15.9 Å². The largest absolute Gasteiger partial charge is 0.329 e. The first-order chi connectivity index (χ1) is 5.29. The van der Waals surface area contributed by atoms with E-state index >= 15 is 0 Å². The average Bonchev–Trinajstić information content (AvgIpc) is 2.33. The summed E-state index contributed by atoms with van der Waals surface area (Å²) in [5, 5.41) is 4.17. The van der Waals surface area contributed by atoms with E-state index in [1.54, 1.807) is 0 Å². The zero-order chi connectivity index (χ0) is 8.27. The minimum absolute atomic E-state index is 0.640. The Balaban J connectivity index is 2.86. The number of hydrogen-bond donors (Lipinski definition) is 1. The molecule has 1 aromatic rings. The van der Waals surface area contributed by atoms with Crippen LogP contribution in [0.25, 0.3) is 0 Å². The molecule has 0 saturated carbocycles. The fourth-order valence-electron chi connectivity index (χ4n) is 1.05. The summed E-state index contributed by atoms with van der Waals surface area (Å²) in [6.07, 6.45) is 2.80. The fourth-order valence-corrected chi connectivity index (χ4v) is 1.63. The van der Waals surface area contributed by atoms with Crippen LogP contribution < -0.4 is 5.73 Å². The van der Waals surface area contributed by atoms with Crippen LogP contribution in [0.1, 0.15) is 12.6 Å². The Kier molecular flexibility index (Phi) is 3.08. The Hall–Kier alpha value is -0.350. The van der Waals surface area contributed by atoms with E-state index in [1.807, 2.05) is 10.9 Å². The molecule has 1 heterocycles. The number of nitrogens with two attached hydrogens (primary N) is 1. The van der Waals surface area contributed by atoms with E-state index < -0.39 is 0 Å². The normalized spacial score (nSPS) is 10.5. The molecule has 3 nitrogen and oxygen atoms in total. The van der Waals surface area contributed by atoms with E-state index in [0.717, 1.165) is 17.4 Å². The van der Waals surface area contributed by atoms with Crippen LogP contribution in [-0.2, 0) is 13.0 Å². The number of hydrogen-bond acceptors (Lipinski definition) is 2. The first-order valence-corrected chi connectivity index (χ1v) is 4.49. The van der Waals surface area contributed by atoms with Crippen molar-refractivity contribution in [3.63, 3.8) is 0 Å². The van der Waals surface area contributed by atoms with Crippen LogP contribution in [-0.4, -0.2) is 16.3 Å². The van der Waals surface area contributed by atoms with Crippen LogP contribution in [0.3, 0.4) is 0 Å². The van der Waals surface area contributed by atoms with Crippen molar-refractivity contribution in [2.75, 3.05) is 6.54 Å². The van der Waals surface area contributed by atoms with E-state index in [0.29, 0.717) is 6.54 Å². The molecular formula is C7H12BrN3. The van der Waals surface area contributed by atoms with Crippen LogP contribution in [0.5, 0.6) is 0 Å². The van der Waals surface area contributed by atoms with Crippen molar-refractivity contribution >= 4 is 15.9 Å². The highest BCUT2D eigenvalue weighted by Gasteiger charge is 2.04. The lowest BCUT2D eigenvalue weighted by Crippen LogP contribution is -2.13. The number of nitrogens with zero attached hydrogens (tertiary/aromatic N) is 2. The second-order valence-electron chi connectivity index (χ2n) is 2.30. The lowest BCUT2D eigenvalue weighted by Gasteiger charge is -2.02. The van der Waals surface area contributed by atoms with Gasteiger partial charge < -0.3 is 5.73 Å². The number of halogens is 1. The van der Waals surface area contributed by atoms with Gasteiger partial charge in [-0.1, -0.05) is 6.92 Å². The Morgan fingerprint density at radius 3 is 3.00 bits per heavy atom. The van der Waals surface area contributed by atoms with Crippen LogP contribution in [0, 0.1) is 0 Å². The highest BCUT2D eigenvalue weighted by atomic mass is 79.9. The van der Waals surface area contributed by atoms with Gasteiger partial charge in [-0.15, -0.1) is 0 Å². The molecule has 0 saturated heterocycles. The van der Waals surface area contributed by atoms with Crippen molar-refractivity contribution in [1.82, 2.24) is 9.78 Å². The van der Waals surface area contributed by atoms with Crippen LogP contribution in [0.15, 0.2) is 10.7 Å². The highest BCUT2D eigenvalue weighted by Crippen LogP contribution is 2.15. The Bertz CT molecular complexity index is 232. The molecule has 0 spiro atoms. The van der Waals surface area contributed by atoms with Crippen LogP contribution in [0.4, 0.5) is 0 Å². The molecule has 4 heteroatoms. The van der Waals surface area contributed by atoms with Crippen molar-refractivity contribution in [3.8, 4) is 0 Å². The third-order valence-electron chi connectivity index (χ3n) is 1.57. The molecule has 0 unspecified atom stereocenters. The van der Waals surface area contributed by atoms with Gasteiger partial charge in [0.05, 0.1) is 22.9 Å². The second kappa shape index (κ2) is 3.88. The van der Waals surface area contributed by atoms with Gasteiger partial charge in [-0.05, 0) is 22.4 Å². The second-order valence-corrected chi connectivity index (χ2v) is 3.16. The minimum Gasteiger partial charge on any atom is -0.329 e. The maximum absolute atomic E-state index is 5.42. The average molecular weight is 218 g/mol. The van der Waals surface area contributed by atoms with Crippen molar-refractivity contribution in [1.29, 1.82) is 0 Å². The summed E-state index contributed by atoms with van der Waals surface area (Å²) >= 11 is 3.42. The summed E-state index contributed by atoms with van der Waals surface area (Å²) < 4.78 is 3.01. The maximum Gasteiger partial charge on any atom is 0.0635 e. The molecular weight excluding hydrogens is 206 g/mol. The van der Waals surface area contributed by atoms with Gasteiger partial charge in [0.1, 0.15) is 0 Å². The van der Waals surface area contributed by atoms with E-state index in [-0.39, 0.29) is 0 Å². The fraction of sp³-hybridized carbons (Fsp3) is 0.571. The molecule has 0 aromatic carbocycles. The van der Waals surface area contributed by atoms with E-state index in [4.69, 9.17) is 5.73 Å². The zero-order valence-electron chi connectivity index (χ0n) is 6.55. The summed E-state index contributed by atoms with van der Waals surface area (Å²) in [7, 11) is 0. The van der Waals surface area contributed by atoms with Crippen molar-refractivity contribution < 1.29 is 0 Å². The Morgan fingerprint density at radius 1 is 1.73 bits per heavy atom. The molecule has 0 atom stereocenters. The molecule has 0 aliphatic heterocycles. The third kappa shape index (κ3) is 1.81. The molecule has 0 radical (unpaired) electrons. The summed E-state index contributed by atoms with van der Waals surface area (Å²) in [6, 6.07) is 0. The van der Waals surface area contributed by atoms with Crippen molar-refractivity contribution in [2.24, 2.45) is 5.73 Å². The predicted octanol–water partition coefficient (Wildman–Crippen LogP) is 1.17. The number of rotatable bonds is 3. The topological polar surface area (TPSA) is 43.8 Å². The van der Waals surface area contributed by atoms with Gasteiger partial charge >= 0.3 is 0 Å². The minimum atomic E-state index is 0.640. The Morgan fingerprint density at radius 2 is 2.45 bits per heavy atom. The van der Waals surface area contributed by atoms with Gasteiger partial charge in [0.15, 0.2) is 0 Å². The number of aromatic nitrogens is 2. The van der Waals surface area contributed by atoms with Gasteiger partial charge in [-0.2, -0.15) is 5.10 Å². The van der Waals surface area contributed by atoms with E-state index in [9.17, 15) is 0 Å². The molecule has 62 valence electrons.